The molecule has 0 saturated carbocycles. The van der Waals surface area contributed by atoms with Crippen molar-refractivity contribution in [3.05, 3.63) is 24.1 Å². The van der Waals surface area contributed by atoms with Crippen molar-refractivity contribution in [1.29, 1.82) is 0 Å². The van der Waals surface area contributed by atoms with Crippen molar-refractivity contribution in [1.82, 2.24) is 13.6 Å². The Bertz CT molecular complexity index is 609. The summed E-state index contributed by atoms with van der Waals surface area (Å²) in [6, 6.07) is 2.98. The van der Waals surface area contributed by atoms with E-state index in [1.807, 2.05) is 4.90 Å². The second-order valence-corrected chi connectivity index (χ2v) is 7.52. The Morgan fingerprint density at radius 1 is 1.00 bits per heavy atom. The molecule has 2 fully saturated rings. The summed E-state index contributed by atoms with van der Waals surface area (Å²) < 4.78 is 46.7. The maximum absolute atomic E-state index is 12.9. The van der Waals surface area contributed by atoms with Crippen molar-refractivity contribution in [2.24, 2.45) is 0 Å². The van der Waals surface area contributed by atoms with Crippen LogP contribution in [-0.2, 0) is 14.9 Å². The van der Waals surface area contributed by atoms with Gasteiger partial charge in [0.15, 0.2) is 0 Å². The number of hydrogen-bond donors (Lipinski definition) is 0. The lowest BCUT2D eigenvalue weighted by molar-refractivity contribution is 0.147. The molecule has 0 amide bonds. The second-order valence-electron chi connectivity index (χ2n) is 5.59. The number of nitrogens with zero attached hydrogens (tertiary/aromatic N) is 4. The Kier molecular flexibility index (Phi) is 5.10. The van der Waals surface area contributed by atoms with Crippen molar-refractivity contribution in [3.63, 3.8) is 0 Å². The minimum absolute atomic E-state index is 0.377. The third-order valence-corrected chi connectivity index (χ3v) is 6.14. The van der Waals surface area contributed by atoms with E-state index in [4.69, 9.17) is 4.74 Å². The van der Waals surface area contributed by atoms with Gasteiger partial charge in [-0.1, -0.05) is 0 Å². The van der Waals surface area contributed by atoms with Crippen LogP contribution in [0.3, 0.4) is 0 Å². The molecule has 9 heteroatoms. The molecule has 23 heavy (non-hydrogen) atoms. The molecule has 0 aromatic carbocycles. The highest BCUT2D eigenvalue weighted by Crippen LogP contribution is 2.18. The lowest BCUT2D eigenvalue weighted by Crippen LogP contribution is -2.53. The van der Waals surface area contributed by atoms with Crippen LogP contribution in [0.2, 0.25) is 0 Å². The first-order chi connectivity index (χ1) is 11.1. The van der Waals surface area contributed by atoms with Gasteiger partial charge in [0, 0.05) is 45.9 Å². The average Bonchev–Trinajstić information content (AvgIpc) is 2.85. The fourth-order valence-corrected chi connectivity index (χ4v) is 4.44. The van der Waals surface area contributed by atoms with Crippen LogP contribution in [0.25, 0.3) is 0 Å². The Labute approximate surface area is 135 Å². The fraction of sp³-hybridized carbons (Fsp3) is 0.643. The normalized spacial score (nSPS) is 22.0. The van der Waals surface area contributed by atoms with Gasteiger partial charge in [0.1, 0.15) is 11.6 Å². The third kappa shape index (κ3) is 3.79. The van der Waals surface area contributed by atoms with Crippen LogP contribution >= 0.6 is 0 Å². The van der Waals surface area contributed by atoms with Gasteiger partial charge >= 0.3 is 0 Å². The molecule has 2 saturated heterocycles. The molecule has 1 aromatic heterocycles. The van der Waals surface area contributed by atoms with Crippen LogP contribution < -0.4 is 4.90 Å². The zero-order valence-corrected chi connectivity index (χ0v) is 13.7. The maximum atomic E-state index is 12.9. The van der Waals surface area contributed by atoms with Crippen LogP contribution in [0.1, 0.15) is 6.42 Å². The van der Waals surface area contributed by atoms with E-state index >= 15 is 0 Å². The van der Waals surface area contributed by atoms with Gasteiger partial charge in [-0.15, -0.1) is 0 Å². The Morgan fingerprint density at radius 3 is 2.43 bits per heavy atom. The van der Waals surface area contributed by atoms with Gasteiger partial charge < -0.3 is 9.64 Å². The van der Waals surface area contributed by atoms with E-state index in [1.54, 1.807) is 6.07 Å². The molecule has 1 aromatic rings. The number of hydrogen-bond acceptors (Lipinski definition) is 5. The van der Waals surface area contributed by atoms with Crippen LogP contribution in [0.15, 0.2) is 18.3 Å². The van der Waals surface area contributed by atoms with Crippen LogP contribution in [0.5, 0.6) is 0 Å². The molecule has 128 valence electrons. The van der Waals surface area contributed by atoms with Gasteiger partial charge in [-0.2, -0.15) is 17.0 Å². The number of rotatable bonds is 3. The van der Waals surface area contributed by atoms with E-state index in [0.717, 1.165) is 6.42 Å². The molecule has 0 atom stereocenters. The fourth-order valence-electron chi connectivity index (χ4n) is 2.82. The van der Waals surface area contributed by atoms with Gasteiger partial charge in [-0.05, 0) is 18.6 Å². The summed E-state index contributed by atoms with van der Waals surface area (Å²) in [5.74, 6) is 0.296. The molecule has 2 aliphatic rings. The van der Waals surface area contributed by atoms with Crippen molar-refractivity contribution < 1.29 is 17.5 Å². The Balaban J connectivity index is 1.62. The van der Waals surface area contributed by atoms with Crippen LogP contribution in [0.4, 0.5) is 10.2 Å². The van der Waals surface area contributed by atoms with Gasteiger partial charge in [0.05, 0.1) is 12.8 Å². The summed E-state index contributed by atoms with van der Waals surface area (Å²) in [5.41, 5.74) is 0. The largest absolute Gasteiger partial charge is 0.380 e. The predicted molar refractivity (Wildman–Crippen MR) is 83.9 cm³/mol. The quantitative estimate of drug-likeness (QED) is 0.790. The van der Waals surface area contributed by atoms with E-state index in [1.165, 1.54) is 20.9 Å². The monoisotopic (exact) mass is 344 g/mol. The van der Waals surface area contributed by atoms with Crippen LogP contribution in [0, 0.1) is 5.82 Å². The molecule has 0 spiro atoms. The lowest BCUT2D eigenvalue weighted by Gasteiger charge is -2.36. The number of ether oxygens (including phenoxy) is 1. The van der Waals surface area contributed by atoms with Crippen molar-refractivity contribution >= 4 is 16.0 Å². The highest BCUT2D eigenvalue weighted by atomic mass is 32.2. The van der Waals surface area contributed by atoms with Crippen LogP contribution in [-0.4, -0.2) is 74.5 Å². The highest BCUT2D eigenvalue weighted by Gasteiger charge is 2.32. The number of piperazine rings is 1. The Morgan fingerprint density at radius 2 is 1.74 bits per heavy atom. The first-order valence-electron chi connectivity index (χ1n) is 7.77. The summed E-state index contributed by atoms with van der Waals surface area (Å²) >= 11 is 0. The molecule has 0 bridgehead atoms. The summed E-state index contributed by atoms with van der Waals surface area (Å²) in [6.45, 7) is 3.85. The van der Waals surface area contributed by atoms with Gasteiger partial charge in [0.2, 0.25) is 0 Å². The number of pyridine rings is 1. The number of anilines is 1. The molecule has 7 nitrogen and oxygen atoms in total. The van der Waals surface area contributed by atoms with Crippen molar-refractivity contribution in [3.8, 4) is 0 Å². The van der Waals surface area contributed by atoms with E-state index in [2.05, 4.69) is 4.98 Å². The van der Waals surface area contributed by atoms with Crippen molar-refractivity contribution in [2.75, 3.05) is 57.4 Å². The first-order valence-corrected chi connectivity index (χ1v) is 9.16. The maximum Gasteiger partial charge on any atom is 0.282 e. The Hall–Kier alpha value is -1.29. The minimum Gasteiger partial charge on any atom is -0.380 e. The highest BCUT2D eigenvalue weighted by molar-refractivity contribution is 7.86. The lowest BCUT2D eigenvalue weighted by atomic mass is 10.3. The molecule has 0 aliphatic carbocycles. The van der Waals surface area contributed by atoms with Gasteiger partial charge in [-0.3, -0.25) is 0 Å². The molecule has 0 radical (unpaired) electrons. The van der Waals surface area contributed by atoms with Crippen molar-refractivity contribution in [2.45, 2.75) is 6.42 Å². The number of halogens is 1. The summed E-state index contributed by atoms with van der Waals surface area (Å²) in [5, 5.41) is 0. The first kappa shape index (κ1) is 16.6. The van der Waals surface area contributed by atoms with E-state index in [0.29, 0.717) is 58.3 Å². The van der Waals surface area contributed by atoms with E-state index in [-0.39, 0.29) is 5.82 Å². The third-order valence-electron chi connectivity index (χ3n) is 4.11. The molecule has 0 N–H and O–H groups in total. The van der Waals surface area contributed by atoms with Gasteiger partial charge in [-0.25, -0.2) is 9.37 Å². The van der Waals surface area contributed by atoms with E-state index in [9.17, 15) is 12.8 Å². The zero-order valence-electron chi connectivity index (χ0n) is 12.9. The minimum atomic E-state index is -3.44. The predicted octanol–water partition coefficient (Wildman–Crippen LogP) is 0.310. The molecular formula is C14H21FN4O3S. The van der Waals surface area contributed by atoms with E-state index < -0.39 is 10.2 Å². The second kappa shape index (κ2) is 7.08. The number of aromatic nitrogens is 1. The summed E-state index contributed by atoms with van der Waals surface area (Å²) in [4.78, 5) is 6.02. The molecule has 3 rings (SSSR count). The molecule has 3 heterocycles. The summed E-state index contributed by atoms with van der Waals surface area (Å²) in [7, 11) is -3.44. The average molecular weight is 344 g/mol. The SMILES string of the molecule is O=S(=O)(N1CCCOCC1)N1CCN(c2ccc(F)cn2)CC1. The zero-order chi connectivity index (χ0) is 16.3. The molecule has 0 unspecified atom stereocenters. The molecular weight excluding hydrogens is 323 g/mol. The topological polar surface area (TPSA) is 66.0 Å². The summed E-state index contributed by atoms with van der Waals surface area (Å²) in [6.07, 6.45) is 1.90. The standard InChI is InChI=1S/C14H21FN4O3S/c15-13-2-3-14(16-12-13)17-5-7-19(8-6-17)23(20,21)18-4-1-10-22-11-9-18/h2-3,12H,1,4-11H2. The van der Waals surface area contributed by atoms with Gasteiger partial charge in [0.25, 0.3) is 10.2 Å². The smallest absolute Gasteiger partial charge is 0.282 e. The molecule has 2 aliphatic heterocycles.